The molecule has 1 aromatic heterocycles. The minimum atomic E-state index is 0.275. The van der Waals surface area contributed by atoms with E-state index in [1.165, 1.54) is 42.5 Å². The first-order valence-corrected chi connectivity index (χ1v) is 10.6. The van der Waals surface area contributed by atoms with Gasteiger partial charge in [0.1, 0.15) is 5.69 Å². The van der Waals surface area contributed by atoms with Crippen molar-refractivity contribution in [1.29, 1.82) is 0 Å². The van der Waals surface area contributed by atoms with E-state index in [9.17, 15) is 0 Å². The summed E-state index contributed by atoms with van der Waals surface area (Å²) in [6.07, 6.45) is 8.33. The molecule has 6 nitrogen and oxygen atoms in total. The Morgan fingerprint density at radius 3 is 2.64 bits per heavy atom. The molecule has 0 radical (unpaired) electrons. The van der Waals surface area contributed by atoms with Gasteiger partial charge in [-0.15, -0.1) is 5.10 Å². The van der Waals surface area contributed by atoms with Crippen molar-refractivity contribution in [2.75, 3.05) is 38.7 Å². The summed E-state index contributed by atoms with van der Waals surface area (Å²) in [5.41, 5.74) is 4.70. The van der Waals surface area contributed by atoms with E-state index in [2.05, 4.69) is 65.5 Å². The van der Waals surface area contributed by atoms with Crippen LogP contribution in [0.2, 0.25) is 0 Å². The molecule has 3 heterocycles. The molecule has 2 aliphatic heterocycles. The maximum absolute atomic E-state index is 5.83. The zero-order valence-corrected chi connectivity index (χ0v) is 17.5. The summed E-state index contributed by atoms with van der Waals surface area (Å²) in [6.45, 7) is 6.09. The Hall–Kier alpha value is -1.92. The molecule has 4 rings (SSSR count). The molecule has 0 N–H and O–H groups in total. The van der Waals surface area contributed by atoms with Crippen LogP contribution in [0.1, 0.15) is 37.7 Å². The van der Waals surface area contributed by atoms with Gasteiger partial charge in [-0.25, -0.2) is 4.68 Å². The van der Waals surface area contributed by atoms with Crippen molar-refractivity contribution in [2.24, 2.45) is 0 Å². The molecule has 0 unspecified atom stereocenters. The summed E-state index contributed by atoms with van der Waals surface area (Å²) in [5.74, 6) is 0. The Morgan fingerprint density at radius 2 is 1.96 bits per heavy atom. The van der Waals surface area contributed by atoms with Crippen LogP contribution >= 0.6 is 0 Å². The number of anilines is 1. The van der Waals surface area contributed by atoms with E-state index in [1.807, 2.05) is 4.68 Å². The fourth-order valence-electron chi connectivity index (χ4n) is 4.44. The van der Waals surface area contributed by atoms with Crippen LogP contribution in [-0.4, -0.2) is 65.8 Å². The Morgan fingerprint density at radius 1 is 1.14 bits per heavy atom. The summed E-state index contributed by atoms with van der Waals surface area (Å²) in [4.78, 5) is 4.86. The van der Waals surface area contributed by atoms with Crippen molar-refractivity contribution in [1.82, 2.24) is 19.9 Å². The highest BCUT2D eigenvalue weighted by molar-refractivity contribution is 5.67. The number of aryl methyl sites for hydroxylation is 1. The van der Waals surface area contributed by atoms with Crippen molar-refractivity contribution in [2.45, 2.75) is 57.7 Å². The lowest BCUT2D eigenvalue weighted by Gasteiger charge is -2.36. The van der Waals surface area contributed by atoms with E-state index in [1.54, 1.807) is 0 Å². The molecule has 0 saturated carbocycles. The smallest absolute Gasteiger partial charge is 0.113 e. The molecule has 0 aliphatic carbocycles. The van der Waals surface area contributed by atoms with Gasteiger partial charge < -0.3 is 14.5 Å². The SMILES string of the molecule is Cc1cc(N2CCC(N(C)C)CC2)ccc1-c1cn(C[C@H]2CCCCO2)nn1. The first-order chi connectivity index (χ1) is 13.6. The molecule has 2 aromatic rings. The van der Waals surface area contributed by atoms with Gasteiger partial charge in [0.2, 0.25) is 0 Å². The monoisotopic (exact) mass is 383 g/mol. The predicted molar refractivity (Wildman–Crippen MR) is 113 cm³/mol. The third-order valence-electron chi connectivity index (χ3n) is 6.25. The van der Waals surface area contributed by atoms with Crippen molar-refractivity contribution in [3.63, 3.8) is 0 Å². The van der Waals surface area contributed by atoms with E-state index >= 15 is 0 Å². The van der Waals surface area contributed by atoms with Gasteiger partial charge in [0.15, 0.2) is 0 Å². The van der Waals surface area contributed by atoms with Crippen molar-refractivity contribution >= 4 is 5.69 Å². The second-order valence-electron chi connectivity index (χ2n) is 8.50. The molecule has 2 saturated heterocycles. The van der Waals surface area contributed by atoms with Gasteiger partial charge >= 0.3 is 0 Å². The van der Waals surface area contributed by atoms with Gasteiger partial charge in [-0.2, -0.15) is 0 Å². The highest BCUT2D eigenvalue weighted by Crippen LogP contribution is 2.28. The lowest BCUT2D eigenvalue weighted by molar-refractivity contribution is 0.00370. The molecule has 1 atom stereocenters. The number of hydrogen-bond donors (Lipinski definition) is 0. The van der Waals surface area contributed by atoms with Crippen LogP contribution in [0, 0.1) is 6.92 Å². The van der Waals surface area contributed by atoms with E-state index in [0.29, 0.717) is 6.04 Å². The number of piperidine rings is 1. The van der Waals surface area contributed by atoms with Crippen LogP contribution in [0.25, 0.3) is 11.3 Å². The fourth-order valence-corrected chi connectivity index (χ4v) is 4.44. The summed E-state index contributed by atoms with van der Waals surface area (Å²) in [7, 11) is 4.37. The normalized spacial score (nSPS) is 21.4. The van der Waals surface area contributed by atoms with E-state index in [4.69, 9.17) is 4.74 Å². The Kier molecular flexibility index (Phi) is 5.97. The highest BCUT2D eigenvalue weighted by atomic mass is 16.5. The average Bonchev–Trinajstić information content (AvgIpc) is 3.17. The first kappa shape index (κ1) is 19.4. The zero-order valence-electron chi connectivity index (χ0n) is 17.5. The van der Waals surface area contributed by atoms with E-state index in [0.717, 1.165) is 38.4 Å². The standard InChI is InChI=1S/C22H33N5O/c1-17-14-19(26-11-9-18(10-12-26)25(2)3)7-8-21(17)22-16-27(24-23-22)15-20-6-4-5-13-28-20/h7-8,14,16,18,20H,4-6,9-13,15H2,1-3H3/t20-/m1/s1. The Bertz CT molecular complexity index is 773. The van der Waals surface area contributed by atoms with Crippen LogP contribution in [0.5, 0.6) is 0 Å². The van der Waals surface area contributed by atoms with Gasteiger partial charge in [0.05, 0.1) is 18.8 Å². The fraction of sp³-hybridized carbons (Fsp3) is 0.636. The summed E-state index contributed by atoms with van der Waals surface area (Å²) in [5, 5.41) is 8.76. The number of benzene rings is 1. The molecular weight excluding hydrogens is 350 g/mol. The second kappa shape index (κ2) is 8.62. The summed E-state index contributed by atoms with van der Waals surface area (Å²) >= 11 is 0. The number of aromatic nitrogens is 3. The van der Waals surface area contributed by atoms with Crippen molar-refractivity contribution in [3.05, 3.63) is 30.0 Å². The minimum absolute atomic E-state index is 0.275. The van der Waals surface area contributed by atoms with Gasteiger partial charge in [-0.3, -0.25) is 0 Å². The lowest BCUT2D eigenvalue weighted by Crippen LogP contribution is -2.42. The Labute approximate surface area is 168 Å². The van der Waals surface area contributed by atoms with Crippen LogP contribution in [-0.2, 0) is 11.3 Å². The number of nitrogens with zero attached hydrogens (tertiary/aromatic N) is 5. The number of ether oxygens (including phenoxy) is 1. The third kappa shape index (κ3) is 4.39. The van der Waals surface area contributed by atoms with Crippen LogP contribution in [0.4, 0.5) is 5.69 Å². The maximum Gasteiger partial charge on any atom is 0.113 e. The van der Waals surface area contributed by atoms with Crippen LogP contribution < -0.4 is 4.90 Å². The summed E-state index contributed by atoms with van der Waals surface area (Å²) in [6, 6.07) is 7.45. The molecule has 2 fully saturated rings. The maximum atomic E-state index is 5.83. The van der Waals surface area contributed by atoms with Gasteiger partial charge in [0.25, 0.3) is 0 Å². The van der Waals surface area contributed by atoms with E-state index < -0.39 is 0 Å². The zero-order chi connectivity index (χ0) is 19.5. The molecule has 6 heteroatoms. The first-order valence-electron chi connectivity index (χ1n) is 10.6. The van der Waals surface area contributed by atoms with Crippen molar-refractivity contribution in [3.8, 4) is 11.3 Å². The van der Waals surface area contributed by atoms with Gasteiger partial charge in [-0.05, 0) is 70.8 Å². The minimum Gasteiger partial charge on any atom is -0.376 e. The predicted octanol–water partition coefficient (Wildman–Crippen LogP) is 3.35. The molecule has 152 valence electrons. The molecule has 0 bridgehead atoms. The number of hydrogen-bond acceptors (Lipinski definition) is 5. The molecular formula is C22H33N5O. The molecule has 2 aliphatic rings. The molecule has 0 amide bonds. The third-order valence-corrected chi connectivity index (χ3v) is 6.25. The lowest BCUT2D eigenvalue weighted by atomic mass is 10.0. The largest absolute Gasteiger partial charge is 0.376 e. The highest BCUT2D eigenvalue weighted by Gasteiger charge is 2.21. The van der Waals surface area contributed by atoms with Gasteiger partial charge in [-0.1, -0.05) is 11.3 Å². The van der Waals surface area contributed by atoms with Crippen LogP contribution in [0.15, 0.2) is 24.4 Å². The Balaban J connectivity index is 1.42. The number of rotatable bonds is 5. The average molecular weight is 384 g/mol. The topological polar surface area (TPSA) is 46.4 Å². The second-order valence-corrected chi connectivity index (χ2v) is 8.50. The van der Waals surface area contributed by atoms with Crippen molar-refractivity contribution < 1.29 is 4.74 Å². The summed E-state index contributed by atoms with van der Waals surface area (Å²) < 4.78 is 7.76. The molecule has 0 spiro atoms. The quantitative estimate of drug-likeness (QED) is 0.792. The molecule has 1 aromatic carbocycles. The molecule has 28 heavy (non-hydrogen) atoms. The van der Waals surface area contributed by atoms with Gasteiger partial charge in [0, 0.05) is 37.0 Å². The van der Waals surface area contributed by atoms with E-state index in [-0.39, 0.29) is 6.10 Å². The van der Waals surface area contributed by atoms with Crippen LogP contribution in [0.3, 0.4) is 0 Å².